The molecule has 3 aliphatic rings. The molecule has 2 N–H and O–H groups in total. The number of allylic oxidation sites excluding steroid dienone is 2. The Kier molecular flexibility index (Phi) is 5.07. The smallest absolute Gasteiger partial charge is 0.302 e. The molecule has 0 spiro atoms. The SMILES string of the molecule is CC(=O)OC[C@@H](C)C1=C(O)C2=C(C(=O)C1=O)[C@@]1(C)CCCC(C)(C)[C@@H]1[C@H](O)C2. The van der Waals surface area contributed by atoms with Gasteiger partial charge in [-0.25, -0.2) is 0 Å². The molecule has 0 aromatic rings. The van der Waals surface area contributed by atoms with Crippen molar-refractivity contribution in [2.75, 3.05) is 6.61 Å². The Bertz CT molecular complexity index is 802. The van der Waals surface area contributed by atoms with Gasteiger partial charge in [-0.3, -0.25) is 14.4 Å². The highest BCUT2D eigenvalue weighted by molar-refractivity contribution is 6.50. The van der Waals surface area contributed by atoms with Gasteiger partial charge in [-0.1, -0.05) is 34.1 Å². The third kappa shape index (κ3) is 3.02. The van der Waals surface area contributed by atoms with E-state index >= 15 is 0 Å². The van der Waals surface area contributed by atoms with Crippen molar-refractivity contribution in [1.82, 2.24) is 0 Å². The van der Waals surface area contributed by atoms with E-state index in [-0.39, 0.29) is 35.7 Å². The van der Waals surface area contributed by atoms with Crippen LogP contribution in [0.2, 0.25) is 0 Å². The fourth-order valence-electron chi connectivity index (χ4n) is 5.98. The summed E-state index contributed by atoms with van der Waals surface area (Å²) >= 11 is 0. The number of fused-ring (bicyclic) bond motifs is 2. The van der Waals surface area contributed by atoms with Crippen molar-refractivity contribution in [3.8, 4) is 0 Å². The number of aliphatic hydroxyl groups excluding tert-OH is 2. The molecular weight excluding hydrogens is 360 g/mol. The number of esters is 1. The lowest BCUT2D eigenvalue weighted by Gasteiger charge is -2.56. The zero-order valence-electron chi connectivity index (χ0n) is 17.3. The molecule has 0 heterocycles. The summed E-state index contributed by atoms with van der Waals surface area (Å²) in [6, 6.07) is 0. The third-order valence-electron chi connectivity index (χ3n) is 6.96. The van der Waals surface area contributed by atoms with E-state index in [1.165, 1.54) is 6.92 Å². The average Bonchev–Trinajstić information content (AvgIpc) is 2.56. The van der Waals surface area contributed by atoms with Gasteiger partial charge in [-0.2, -0.15) is 0 Å². The minimum absolute atomic E-state index is 0.0191. The van der Waals surface area contributed by atoms with E-state index in [4.69, 9.17) is 4.74 Å². The van der Waals surface area contributed by atoms with Gasteiger partial charge in [0.05, 0.1) is 18.3 Å². The van der Waals surface area contributed by atoms with Crippen LogP contribution in [0, 0.1) is 22.7 Å². The first-order chi connectivity index (χ1) is 12.9. The fourth-order valence-corrected chi connectivity index (χ4v) is 5.98. The zero-order valence-corrected chi connectivity index (χ0v) is 17.3. The number of rotatable bonds is 3. The predicted molar refractivity (Wildman–Crippen MR) is 102 cm³/mol. The maximum atomic E-state index is 13.2. The van der Waals surface area contributed by atoms with E-state index in [1.807, 2.05) is 6.92 Å². The van der Waals surface area contributed by atoms with Gasteiger partial charge in [0.2, 0.25) is 11.6 Å². The minimum Gasteiger partial charge on any atom is -0.507 e. The summed E-state index contributed by atoms with van der Waals surface area (Å²) in [7, 11) is 0. The van der Waals surface area contributed by atoms with Gasteiger partial charge in [0.1, 0.15) is 5.76 Å². The van der Waals surface area contributed by atoms with Gasteiger partial charge in [-0.15, -0.1) is 0 Å². The van der Waals surface area contributed by atoms with Crippen molar-refractivity contribution in [1.29, 1.82) is 0 Å². The number of Topliss-reactive ketones (excluding diaryl/α,β-unsaturated/α-hetero) is 2. The van der Waals surface area contributed by atoms with E-state index in [2.05, 4.69) is 13.8 Å². The highest BCUT2D eigenvalue weighted by atomic mass is 16.5. The van der Waals surface area contributed by atoms with Crippen LogP contribution in [0.4, 0.5) is 0 Å². The lowest BCUT2D eigenvalue weighted by atomic mass is 9.48. The first kappa shape index (κ1) is 20.8. The first-order valence-corrected chi connectivity index (χ1v) is 9.99. The molecule has 0 aromatic carbocycles. The maximum absolute atomic E-state index is 13.2. The zero-order chi connectivity index (χ0) is 21.0. The first-order valence-electron chi connectivity index (χ1n) is 9.99. The molecule has 1 fully saturated rings. The molecule has 28 heavy (non-hydrogen) atoms. The van der Waals surface area contributed by atoms with Gasteiger partial charge in [-0.05, 0) is 24.2 Å². The van der Waals surface area contributed by atoms with Crippen molar-refractivity contribution >= 4 is 17.5 Å². The van der Waals surface area contributed by atoms with Crippen LogP contribution in [0.5, 0.6) is 0 Å². The molecule has 154 valence electrons. The molecule has 4 atom stereocenters. The van der Waals surface area contributed by atoms with E-state index in [0.29, 0.717) is 17.6 Å². The molecule has 0 unspecified atom stereocenters. The van der Waals surface area contributed by atoms with E-state index in [9.17, 15) is 24.6 Å². The summed E-state index contributed by atoms with van der Waals surface area (Å²) in [5.41, 5.74) is -0.0783. The monoisotopic (exact) mass is 390 g/mol. The van der Waals surface area contributed by atoms with Crippen LogP contribution >= 0.6 is 0 Å². The molecule has 3 rings (SSSR count). The van der Waals surface area contributed by atoms with Gasteiger partial charge in [0.25, 0.3) is 0 Å². The topological polar surface area (TPSA) is 101 Å². The second-order valence-corrected chi connectivity index (χ2v) is 9.49. The molecular formula is C22H30O6. The number of ketones is 2. The summed E-state index contributed by atoms with van der Waals surface area (Å²) in [6.45, 7) is 8.95. The Hall–Kier alpha value is -1.95. The predicted octanol–water partition coefficient (Wildman–Crippen LogP) is 3.04. The second-order valence-electron chi connectivity index (χ2n) is 9.49. The summed E-state index contributed by atoms with van der Waals surface area (Å²) in [6.07, 6.45) is 1.98. The lowest BCUT2D eigenvalue weighted by Crippen LogP contribution is -2.55. The van der Waals surface area contributed by atoms with E-state index in [1.54, 1.807) is 6.92 Å². The number of carbonyl (C=O) groups is 3. The number of carbonyl (C=O) groups excluding carboxylic acids is 3. The summed E-state index contributed by atoms with van der Waals surface area (Å²) in [5.74, 6) is -2.79. The Morgan fingerprint density at radius 2 is 1.86 bits per heavy atom. The van der Waals surface area contributed by atoms with Gasteiger partial charge < -0.3 is 14.9 Å². The van der Waals surface area contributed by atoms with Gasteiger partial charge >= 0.3 is 5.97 Å². The lowest BCUT2D eigenvalue weighted by molar-refractivity contribution is -0.142. The quantitative estimate of drug-likeness (QED) is 0.436. The van der Waals surface area contributed by atoms with Crippen molar-refractivity contribution < 1.29 is 29.3 Å². The Labute approximate surface area is 165 Å². The molecule has 0 bridgehead atoms. The number of hydrogen-bond acceptors (Lipinski definition) is 6. The fraction of sp³-hybridized carbons (Fsp3) is 0.682. The highest BCUT2D eigenvalue weighted by Crippen LogP contribution is 2.61. The Morgan fingerprint density at radius 3 is 2.46 bits per heavy atom. The van der Waals surface area contributed by atoms with Crippen molar-refractivity contribution in [2.45, 2.75) is 66.4 Å². The number of hydrogen-bond donors (Lipinski definition) is 2. The van der Waals surface area contributed by atoms with Crippen molar-refractivity contribution in [2.24, 2.45) is 22.7 Å². The van der Waals surface area contributed by atoms with Gasteiger partial charge in [0, 0.05) is 35.8 Å². The summed E-state index contributed by atoms with van der Waals surface area (Å²) in [4.78, 5) is 37.2. The van der Waals surface area contributed by atoms with Crippen LogP contribution in [0.3, 0.4) is 0 Å². The van der Waals surface area contributed by atoms with E-state index < -0.39 is 35.0 Å². The van der Waals surface area contributed by atoms with Crippen LogP contribution in [-0.4, -0.2) is 40.5 Å². The Balaban J connectivity index is 2.12. The van der Waals surface area contributed by atoms with Crippen molar-refractivity contribution in [3.05, 3.63) is 22.5 Å². The van der Waals surface area contributed by atoms with Gasteiger partial charge in [0.15, 0.2) is 0 Å². The molecule has 3 aliphatic carbocycles. The molecule has 0 aromatic heterocycles. The highest BCUT2D eigenvalue weighted by Gasteiger charge is 2.58. The Morgan fingerprint density at radius 1 is 1.21 bits per heavy atom. The standard InChI is InChI=1S/C22H30O6/c1-11(10-28-12(2)23)15-17(25)13-9-14(24)20-21(3,4)7-6-8-22(20,5)16(13)19(27)18(15)26/h11,14,20,24-25H,6-10H2,1-5H3/t11-,14-,20+,22-/m1/s1. The minimum atomic E-state index is -0.726. The molecule has 0 saturated heterocycles. The second kappa shape index (κ2) is 6.83. The average molecular weight is 390 g/mol. The normalized spacial score (nSPS) is 33.4. The largest absolute Gasteiger partial charge is 0.507 e. The van der Waals surface area contributed by atoms with E-state index in [0.717, 1.165) is 12.8 Å². The van der Waals surface area contributed by atoms with Crippen molar-refractivity contribution in [3.63, 3.8) is 0 Å². The maximum Gasteiger partial charge on any atom is 0.302 e. The summed E-state index contributed by atoms with van der Waals surface area (Å²) in [5, 5.41) is 21.9. The third-order valence-corrected chi connectivity index (χ3v) is 6.96. The summed E-state index contributed by atoms with van der Waals surface area (Å²) < 4.78 is 4.97. The number of ether oxygens (including phenoxy) is 1. The van der Waals surface area contributed by atoms with Crippen LogP contribution in [0.15, 0.2) is 22.5 Å². The molecule has 1 saturated carbocycles. The molecule has 6 heteroatoms. The van der Waals surface area contributed by atoms with Crippen LogP contribution in [0.25, 0.3) is 0 Å². The molecule has 6 nitrogen and oxygen atoms in total. The molecule has 0 aliphatic heterocycles. The molecule has 0 amide bonds. The van der Waals surface area contributed by atoms with Crippen LogP contribution < -0.4 is 0 Å². The van der Waals surface area contributed by atoms with Crippen LogP contribution in [-0.2, 0) is 19.1 Å². The molecule has 0 radical (unpaired) electrons. The van der Waals surface area contributed by atoms with Crippen LogP contribution in [0.1, 0.15) is 60.3 Å². The number of aliphatic hydroxyl groups is 2.